The molecular weight excluding hydrogens is 376 g/mol. The monoisotopic (exact) mass is 406 g/mol. The molecule has 0 bridgehead atoms. The number of amides is 1. The fraction of sp³-hybridized carbons (Fsp3) is 0.667. The van der Waals surface area contributed by atoms with Crippen LogP contribution >= 0.6 is 0 Å². The summed E-state index contributed by atoms with van der Waals surface area (Å²) in [5, 5.41) is 2.94. The molecule has 0 spiro atoms. The predicted molar refractivity (Wildman–Crippen MR) is 107 cm³/mol. The number of fused-ring (bicyclic) bond motifs is 2. The number of carbonyl (C=O) groups is 1. The Bertz CT molecular complexity index is 824. The van der Waals surface area contributed by atoms with E-state index in [1.807, 2.05) is 12.1 Å². The van der Waals surface area contributed by atoms with Crippen molar-refractivity contribution in [3.63, 3.8) is 0 Å². The van der Waals surface area contributed by atoms with Gasteiger partial charge >= 0.3 is 0 Å². The largest absolute Gasteiger partial charge is 0.380 e. The molecule has 154 valence electrons. The van der Waals surface area contributed by atoms with Crippen molar-refractivity contribution in [2.75, 3.05) is 26.3 Å². The molecule has 1 aliphatic heterocycles. The number of hydrogen-bond acceptors (Lipinski definition) is 4. The van der Waals surface area contributed by atoms with Gasteiger partial charge in [0.25, 0.3) is 0 Å². The SMILES string of the molecule is O=C1NCCOCCCN(S(=O)(=O)c2ccc3c(c2)CCC3)[C@H]2CCCC[C@@H]12. The fourth-order valence-corrected chi connectivity index (χ4v) is 6.65. The molecule has 2 aliphatic carbocycles. The molecular formula is C21H30N2O4S. The maximum absolute atomic E-state index is 13.7. The summed E-state index contributed by atoms with van der Waals surface area (Å²) in [6.07, 6.45) is 7.12. The van der Waals surface area contributed by atoms with Gasteiger partial charge < -0.3 is 10.1 Å². The van der Waals surface area contributed by atoms with Crippen molar-refractivity contribution >= 4 is 15.9 Å². The average Bonchev–Trinajstić information content (AvgIpc) is 3.16. The third-order valence-corrected chi connectivity index (χ3v) is 8.25. The van der Waals surface area contributed by atoms with Crippen LogP contribution in [0.2, 0.25) is 0 Å². The molecule has 1 aromatic rings. The lowest BCUT2D eigenvalue weighted by molar-refractivity contribution is -0.127. The van der Waals surface area contributed by atoms with Gasteiger partial charge in [0.1, 0.15) is 0 Å². The standard InChI is InChI=1S/C21H30N2O4S/c24-21-19-7-1-2-8-20(19)23(12-4-13-27-14-11-22-21)28(25,26)18-10-9-16-5-3-6-17(16)15-18/h9-10,15,19-20H,1-8,11-14H2,(H,22,24)/t19-,20+/m1/s1. The number of hydrogen-bond donors (Lipinski definition) is 1. The van der Waals surface area contributed by atoms with E-state index in [2.05, 4.69) is 5.32 Å². The van der Waals surface area contributed by atoms with Crippen LogP contribution in [0.25, 0.3) is 0 Å². The van der Waals surface area contributed by atoms with E-state index in [1.54, 1.807) is 10.4 Å². The van der Waals surface area contributed by atoms with E-state index in [-0.39, 0.29) is 17.9 Å². The molecule has 4 rings (SSSR count). The van der Waals surface area contributed by atoms with Gasteiger partial charge in [-0.1, -0.05) is 18.9 Å². The highest BCUT2D eigenvalue weighted by Crippen LogP contribution is 2.34. The molecule has 1 aromatic carbocycles. The van der Waals surface area contributed by atoms with Gasteiger partial charge in [-0.15, -0.1) is 0 Å². The van der Waals surface area contributed by atoms with Crippen LogP contribution in [0, 0.1) is 5.92 Å². The smallest absolute Gasteiger partial charge is 0.243 e. The number of carbonyl (C=O) groups excluding carboxylic acids is 1. The first-order chi connectivity index (χ1) is 13.6. The molecule has 1 heterocycles. The summed E-state index contributed by atoms with van der Waals surface area (Å²) in [5.74, 6) is -0.319. The molecule has 0 aromatic heterocycles. The molecule has 1 saturated heterocycles. The third kappa shape index (κ3) is 3.98. The number of benzene rings is 1. The molecule has 1 amide bonds. The summed E-state index contributed by atoms with van der Waals surface area (Å²) in [6.45, 7) is 1.86. The van der Waals surface area contributed by atoms with Gasteiger partial charge in [-0.2, -0.15) is 4.31 Å². The molecule has 2 atom stereocenters. The number of sulfonamides is 1. The number of nitrogens with zero attached hydrogens (tertiary/aromatic N) is 1. The molecule has 28 heavy (non-hydrogen) atoms. The topological polar surface area (TPSA) is 75.7 Å². The minimum atomic E-state index is -3.66. The summed E-state index contributed by atoms with van der Waals surface area (Å²) in [4.78, 5) is 13.1. The number of aryl methyl sites for hydroxylation is 2. The zero-order chi connectivity index (χ0) is 19.6. The van der Waals surface area contributed by atoms with Gasteiger partial charge in [0.15, 0.2) is 0 Å². The molecule has 6 nitrogen and oxygen atoms in total. The summed E-state index contributed by atoms with van der Waals surface area (Å²) in [5.41, 5.74) is 2.42. The van der Waals surface area contributed by atoms with Crippen LogP contribution in [0.1, 0.15) is 49.7 Å². The second-order valence-corrected chi connectivity index (χ2v) is 10.0. The Morgan fingerprint density at radius 3 is 2.71 bits per heavy atom. The van der Waals surface area contributed by atoms with E-state index >= 15 is 0 Å². The highest BCUT2D eigenvalue weighted by molar-refractivity contribution is 7.89. The Kier molecular flexibility index (Phi) is 6.04. The normalized spacial score (nSPS) is 27.4. The van der Waals surface area contributed by atoms with Gasteiger partial charge in [-0.05, 0) is 61.8 Å². The van der Waals surface area contributed by atoms with E-state index in [0.29, 0.717) is 37.6 Å². The predicted octanol–water partition coefficient (Wildman–Crippen LogP) is 2.26. The Balaban J connectivity index is 1.68. The van der Waals surface area contributed by atoms with Crippen LogP contribution in [0.5, 0.6) is 0 Å². The van der Waals surface area contributed by atoms with E-state index in [0.717, 1.165) is 50.5 Å². The average molecular weight is 407 g/mol. The van der Waals surface area contributed by atoms with Gasteiger partial charge in [0.2, 0.25) is 15.9 Å². The molecule has 1 N–H and O–H groups in total. The molecule has 3 aliphatic rings. The number of ether oxygens (including phenoxy) is 1. The van der Waals surface area contributed by atoms with E-state index in [9.17, 15) is 13.2 Å². The van der Waals surface area contributed by atoms with Gasteiger partial charge in [0.05, 0.1) is 17.4 Å². The lowest BCUT2D eigenvalue weighted by atomic mass is 9.83. The Morgan fingerprint density at radius 1 is 1.00 bits per heavy atom. The van der Waals surface area contributed by atoms with Crippen LogP contribution in [-0.4, -0.2) is 51.0 Å². The Labute approximate surface area is 167 Å². The van der Waals surface area contributed by atoms with Gasteiger partial charge in [0, 0.05) is 25.7 Å². The summed E-state index contributed by atoms with van der Waals surface area (Å²) in [6, 6.07) is 5.30. The molecule has 0 radical (unpaired) electrons. The first-order valence-corrected chi connectivity index (χ1v) is 12.0. The Morgan fingerprint density at radius 2 is 1.82 bits per heavy atom. The third-order valence-electron chi connectivity index (χ3n) is 6.33. The van der Waals surface area contributed by atoms with Crippen LogP contribution in [0.4, 0.5) is 0 Å². The van der Waals surface area contributed by atoms with Gasteiger partial charge in [-0.3, -0.25) is 4.79 Å². The van der Waals surface area contributed by atoms with Crippen LogP contribution in [0.15, 0.2) is 23.1 Å². The molecule has 0 unspecified atom stereocenters. The zero-order valence-corrected chi connectivity index (χ0v) is 17.2. The van der Waals surface area contributed by atoms with Crippen LogP contribution in [0.3, 0.4) is 0 Å². The second-order valence-electron chi connectivity index (χ2n) is 8.12. The lowest BCUT2D eigenvalue weighted by Crippen LogP contribution is -2.51. The van der Waals surface area contributed by atoms with E-state index in [1.165, 1.54) is 5.56 Å². The molecule has 7 heteroatoms. The summed E-state index contributed by atoms with van der Waals surface area (Å²) >= 11 is 0. The summed E-state index contributed by atoms with van der Waals surface area (Å²) < 4.78 is 34.5. The summed E-state index contributed by atoms with van der Waals surface area (Å²) in [7, 11) is -3.66. The van der Waals surface area contributed by atoms with Crippen LogP contribution < -0.4 is 5.32 Å². The number of nitrogens with one attached hydrogen (secondary N) is 1. The number of rotatable bonds is 2. The first kappa shape index (κ1) is 19.9. The zero-order valence-electron chi connectivity index (χ0n) is 16.4. The van der Waals surface area contributed by atoms with Crippen molar-refractivity contribution in [3.05, 3.63) is 29.3 Å². The minimum absolute atomic E-state index is 0.0376. The minimum Gasteiger partial charge on any atom is -0.380 e. The van der Waals surface area contributed by atoms with Crippen molar-refractivity contribution in [1.82, 2.24) is 9.62 Å². The maximum atomic E-state index is 13.7. The van der Waals surface area contributed by atoms with Gasteiger partial charge in [-0.25, -0.2) is 8.42 Å². The van der Waals surface area contributed by atoms with Crippen molar-refractivity contribution in [2.45, 2.75) is 62.3 Å². The van der Waals surface area contributed by atoms with Crippen molar-refractivity contribution in [2.24, 2.45) is 5.92 Å². The lowest BCUT2D eigenvalue weighted by Gasteiger charge is -2.38. The fourth-order valence-electron chi connectivity index (χ4n) is 4.87. The van der Waals surface area contributed by atoms with E-state index in [4.69, 9.17) is 4.74 Å². The second kappa shape index (κ2) is 8.51. The van der Waals surface area contributed by atoms with Crippen LogP contribution in [-0.2, 0) is 32.4 Å². The van der Waals surface area contributed by atoms with Crippen molar-refractivity contribution in [3.8, 4) is 0 Å². The Hall–Kier alpha value is -1.44. The van der Waals surface area contributed by atoms with Crippen molar-refractivity contribution < 1.29 is 17.9 Å². The highest BCUT2D eigenvalue weighted by Gasteiger charge is 2.40. The maximum Gasteiger partial charge on any atom is 0.243 e. The van der Waals surface area contributed by atoms with E-state index < -0.39 is 10.0 Å². The highest BCUT2D eigenvalue weighted by atomic mass is 32.2. The van der Waals surface area contributed by atoms with Crippen molar-refractivity contribution in [1.29, 1.82) is 0 Å². The molecule has 1 saturated carbocycles. The molecule has 2 fully saturated rings. The quantitative estimate of drug-likeness (QED) is 0.817. The first-order valence-electron chi connectivity index (χ1n) is 10.6.